The Morgan fingerprint density at radius 3 is 2.85 bits per heavy atom. The van der Waals surface area contributed by atoms with Gasteiger partial charge in [0, 0.05) is 6.07 Å². The summed E-state index contributed by atoms with van der Waals surface area (Å²) in [5.74, 6) is -0.299. The fraction of sp³-hybridized carbons (Fsp3) is 0.143. The van der Waals surface area contributed by atoms with Gasteiger partial charge in [-0.3, -0.25) is 0 Å². The monoisotopic (exact) mass is 186 g/mol. The number of hydrogen-bond donors (Lipinski definition) is 1. The van der Waals surface area contributed by atoms with Crippen molar-refractivity contribution in [3.63, 3.8) is 0 Å². The lowest BCUT2D eigenvalue weighted by Crippen LogP contribution is -2.25. The van der Waals surface area contributed by atoms with Gasteiger partial charge in [-0.1, -0.05) is 6.07 Å². The molecule has 1 rings (SSSR count). The molecule has 0 aliphatic carbocycles. The molecule has 0 amide bonds. The second kappa shape index (κ2) is 4.81. The van der Waals surface area contributed by atoms with Crippen molar-refractivity contribution in [2.24, 2.45) is 0 Å². The van der Waals surface area contributed by atoms with Gasteiger partial charge in [-0.05, 0) is 12.1 Å². The van der Waals surface area contributed by atoms with Crippen LogP contribution >= 0.6 is 0 Å². The van der Waals surface area contributed by atoms with Crippen LogP contribution in [0.5, 0.6) is 5.75 Å². The van der Waals surface area contributed by atoms with Crippen molar-refractivity contribution < 1.29 is 23.8 Å². The second-order valence-electron chi connectivity index (χ2n) is 2.15. The van der Waals surface area contributed by atoms with Gasteiger partial charge in [-0.25, -0.2) is 14.1 Å². The highest BCUT2D eigenvalue weighted by Gasteiger charge is 2.19. The first-order valence-corrected chi connectivity index (χ1v) is 3.52. The Kier molecular flexibility index (Phi) is 3.69. The Morgan fingerprint density at radius 2 is 2.23 bits per heavy atom. The van der Waals surface area contributed by atoms with Gasteiger partial charge < -0.3 is 9.68 Å². The fourth-order valence-corrected chi connectivity index (χ4v) is 0.759. The maximum atomic E-state index is 12.6. The van der Waals surface area contributed by atoms with Crippen LogP contribution in [0.2, 0.25) is 0 Å². The predicted octanol–water partition coefficient (Wildman–Crippen LogP) is 0.760. The Bertz CT molecular complexity index is 270. The molecule has 0 saturated heterocycles. The van der Waals surface area contributed by atoms with E-state index in [-0.39, 0.29) is 5.75 Å². The third-order valence-electron chi connectivity index (χ3n) is 1.21. The molecule has 0 atom stereocenters. The van der Waals surface area contributed by atoms with E-state index >= 15 is 0 Å². The van der Waals surface area contributed by atoms with E-state index in [0.29, 0.717) is 0 Å². The molecule has 4 nitrogen and oxygen atoms in total. The molecule has 13 heavy (non-hydrogen) atoms. The highest BCUT2D eigenvalue weighted by atomic mass is 19.1. The van der Waals surface area contributed by atoms with Crippen LogP contribution in [0.1, 0.15) is 0 Å². The van der Waals surface area contributed by atoms with Gasteiger partial charge in [0.25, 0.3) is 0 Å². The number of benzene rings is 1. The van der Waals surface area contributed by atoms with E-state index in [4.69, 9.17) is 9.68 Å². The van der Waals surface area contributed by atoms with E-state index < -0.39 is 13.1 Å². The van der Waals surface area contributed by atoms with Crippen LogP contribution in [-0.4, -0.2) is 19.5 Å². The Hall–Kier alpha value is -1.11. The van der Waals surface area contributed by atoms with Crippen molar-refractivity contribution in [3.8, 4) is 5.75 Å². The van der Waals surface area contributed by atoms with Crippen LogP contribution in [0.25, 0.3) is 0 Å². The zero-order chi connectivity index (χ0) is 9.68. The predicted molar refractivity (Wildman–Crippen MR) is 43.1 cm³/mol. The van der Waals surface area contributed by atoms with E-state index in [1.54, 1.807) is 0 Å². The number of hydrogen-bond acceptors (Lipinski definition) is 4. The summed E-state index contributed by atoms with van der Waals surface area (Å²) in [5.41, 5.74) is 0. The quantitative estimate of drug-likeness (QED) is 0.428. The average Bonchev–Trinajstić information content (AvgIpc) is 2.04. The summed E-state index contributed by atoms with van der Waals surface area (Å²) < 4.78 is 17.3. The van der Waals surface area contributed by atoms with Gasteiger partial charge in [-0.2, -0.15) is 0 Å². The molecule has 0 saturated carbocycles. The average molecular weight is 186 g/mol. The van der Waals surface area contributed by atoms with Crippen LogP contribution in [0.4, 0.5) is 4.39 Å². The second-order valence-corrected chi connectivity index (χ2v) is 2.15. The lowest BCUT2D eigenvalue weighted by molar-refractivity contribution is -0.207. The normalized spacial score (nSPS) is 9.77. The molecule has 70 valence electrons. The summed E-state index contributed by atoms with van der Waals surface area (Å²) >= 11 is 0. The molecular formula is C7H8BFO4. The van der Waals surface area contributed by atoms with Crippen molar-refractivity contribution in [1.82, 2.24) is 0 Å². The molecule has 0 aromatic heterocycles. The molecular weight excluding hydrogens is 178 g/mol. The van der Waals surface area contributed by atoms with Gasteiger partial charge in [0.05, 0.1) is 7.11 Å². The largest absolute Gasteiger partial charge is 0.739 e. The molecule has 0 aliphatic heterocycles. The summed E-state index contributed by atoms with van der Waals surface area (Å²) in [4.78, 5) is 8.33. The zero-order valence-corrected chi connectivity index (χ0v) is 6.94. The van der Waals surface area contributed by atoms with E-state index in [0.717, 1.165) is 6.07 Å². The third kappa shape index (κ3) is 3.41. The molecule has 0 spiro atoms. The Morgan fingerprint density at radius 1 is 1.46 bits per heavy atom. The van der Waals surface area contributed by atoms with Crippen molar-refractivity contribution in [2.45, 2.75) is 0 Å². The van der Waals surface area contributed by atoms with Crippen LogP contribution in [0, 0.1) is 5.82 Å². The molecule has 1 aromatic rings. The fourth-order valence-electron chi connectivity index (χ4n) is 0.759. The van der Waals surface area contributed by atoms with E-state index in [2.05, 4.69) is 9.69 Å². The summed E-state index contributed by atoms with van der Waals surface area (Å²) in [6.07, 6.45) is 0. The SMILES string of the molecule is COOB(O)Oc1cccc(F)c1. The topological polar surface area (TPSA) is 47.9 Å². The number of rotatable bonds is 4. The molecule has 0 bridgehead atoms. The third-order valence-corrected chi connectivity index (χ3v) is 1.21. The molecule has 0 unspecified atom stereocenters. The highest BCUT2D eigenvalue weighted by molar-refractivity contribution is 6.35. The standard InChI is InChI=1S/C7H8BFO4/c1-11-13-8(10)12-7-4-2-3-6(9)5-7/h2-5,10H,1H3. The minimum absolute atomic E-state index is 0.157. The summed E-state index contributed by atoms with van der Waals surface area (Å²) in [6.45, 7) is 0. The van der Waals surface area contributed by atoms with Gasteiger partial charge in [0.1, 0.15) is 11.6 Å². The first-order chi connectivity index (χ1) is 6.22. The van der Waals surface area contributed by atoms with Crippen LogP contribution < -0.4 is 4.65 Å². The maximum absolute atomic E-state index is 12.6. The van der Waals surface area contributed by atoms with Gasteiger partial charge >= 0.3 is 7.32 Å². The molecule has 0 heterocycles. The van der Waals surface area contributed by atoms with Crippen LogP contribution in [-0.2, 0) is 9.69 Å². The number of halogens is 1. The Labute approximate surface area is 75.0 Å². The Balaban J connectivity index is 2.53. The van der Waals surface area contributed by atoms with Crippen LogP contribution in [0.15, 0.2) is 24.3 Å². The lowest BCUT2D eigenvalue weighted by atomic mass is 10.2. The molecule has 0 radical (unpaired) electrons. The van der Waals surface area contributed by atoms with E-state index in [1.807, 2.05) is 0 Å². The van der Waals surface area contributed by atoms with Gasteiger partial charge in [0.15, 0.2) is 0 Å². The van der Waals surface area contributed by atoms with Gasteiger partial charge in [-0.15, -0.1) is 0 Å². The summed E-state index contributed by atoms with van der Waals surface area (Å²) in [6, 6.07) is 5.30. The molecule has 0 aliphatic rings. The highest BCUT2D eigenvalue weighted by Crippen LogP contribution is 2.12. The van der Waals surface area contributed by atoms with Crippen molar-refractivity contribution in [3.05, 3.63) is 30.1 Å². The van der Waals surface area contributed by atoms with Crippen molar-refractivity contribution in [1.29, 1.82) is 0 Å². The van der Waals surface area contributed by atoms with E-state index in [1.165, 1.54) is 25.3 Å². The molecule has 1 aromatic carbocycles. The molecule has 0 fully saturated rings. The first kappa shape index (κ1) is 9.98. The minimum Gasteiger partial charge on any atom is -0.510 e. The van der Waals surface area contributed by atoms with Crippen LogP contribution in [0.3, 0.4) is 0 Å². The summed E-state index contributed by atoms with van der Waals surface area (Å²) in [7, 11) is -0.343. The lowest BCUT2D eigenvalue weighted by Gasteiger charge is -2.06. The molecule has 6 heteroatoms. The van der Waals surface area contributed by atoms with Gasteiger partial charge in [0.2, 0.25) is 0 Å². The maximum Gasteiger partial charge on any atom is 0.739 e. The minimum atomic E-state index is -1.56. The first-order valence-electron chi connectivity index (χ1n) is 3.52. The smallest absolute Gasteiger partial charge is 0.510 e. The van der Waals surface area contributed by atoms with E-state index in [9.17, 15) is 4.39 Å². The summed E-state index contributed by atoms with van der Waals surface area (Å²) in [5, 5.41) is 8.90. The van der Waals surface area contributed by atoms with Crippen molar-refractivity contribution >= 4 is 7.32 Å². The molecule has 1 N–H and O–H groups in total. The zero-order valence-electron chi connectivity index (χ0n) is 6.94. The van der Waals surface area contributed by atoms with Crippen molar-refractivity contribution in [2.75, 3.05) is 7.11 Å².